The van der Waals surface area contributed by atoms with E-state index in [1.165, 1.54) is 0 Å². The maximum atomic E-state index is 11.2. The lowest BCUT2D eigenvalue weighted by atomic mass is 10.3. The van der Waals surface area contributed by atoms with Crippen LogP contribution in [0.4, 0.5) is 0 Å². The van der Waals surface area contributed by atoms with Crippen LogP contribution in [-0.4, -0.2) is 39.3 Å². The molecule has 0 unspecified atom stereocenters. The maximum Gasteiger partial charge on any atom is 0.220 e. The second-order valence-corrected chi connectivity index (χ2v) is 3.27. The molecule has 0 aromatic heterocycles. The molecule has 2 N–H and O–H groups in total. The van der Waals surface area contributed by atoms with Gasteiger partial charge in [0.2, 0.25) is 5.91 Å². The summed E-state index contributed by atoms with van der Waals surface area (Å²) in [5.41, 5.74) is 0. The van der Waals surface area contributed by atoms with E-state index in [1.807, 2.05) is 7.05 Å². The number of ether oxygens (including phenoxy) is 1. The van der Waals surface area contributed by atoms with Crippen LogP contribution in [0.1, 0.15) is 19.3 Å². The Balaban J connectivity index is 0. The largest absolute Gasteiger partial charge is 0.377 e. The van der Waals surface area contributed by atoms with Gasteiger partial charge in [-0.15, -0.1) is 19.0 Å². The van der Waals surface area contributed by atoms with Crippen molar-refractivity contribution < 1.29 is 9.53 Å². The van der Waals surface area contributed by atoms with E-state index < -0.39 is 0 Å². The smallest absolute Gasteiger partial charge is 0.220 e. The summed E-state index contributed by atoms with van der Waals surface area (Å²) in [6.45, 7) is 6.40. The number of rotatable bonds is 10. The van der Waals surface area contributed by atoms with Crippen LogP contribution in [-0.2, 0) is 9.53 Å². The Morgan fingerprint density at radius 2 is 2.12 bits per heavy atom. The van der Waals surface area contributed by atoms with Crippen LogP contribution >= 0.6 is 12.4 Å². The van der Waals surface area contributed by atoms with Gasteiger partial charge in [0.25, 0.3) is 0 Å². The predicted molar refractivity (Wildman–Crippen MR) is 69.1 cm³/mol. The monoisotopic (exact) mass is 250 g/mol. The van der Waals surface area contributed by atoms with Crippen LogP contribution in [0.5, 0.6) is 0 Å². The third-order valence-corrected chi connectivity index (χ3v) is 1.85. The van der Waals surface area contributed by atoms with Gasteiger partial charge in [-0.25, -0.2) is 0 Å². The van der Waals surface area contributed by atoms with Gasteiger partial charge in [0, 0.05) is 19.6 Å². The lowest BCUT2D eigenvalue weighted by molar-refractivity contribution is -0.121. The van der Waals surface area contributed by atoms with Gasteiger partial charge < -0.3 is 15.4 Å². The molecule has 0 aliphatic rings. The maximum absolute atomic E-state index is 11.2. The van der Waals surface area contributed by atoms with E-state index in [9.17, 15) is 4.79 Å². The standard InChI is InChI=1S/C11H22N2O2.ClH/c1-3-9-15-10-4-6-11(14)13-8-5-7-12-2;/h3,12H,1,4-10H2,2H3,(H,13,14);1H. The Bertz CT molecular complexity index is 177. The minimum Gasteiger partial charge on any atom is -0.377 e. The van der Waals surface area contributed by atoms with Crippen molar-refractivity contribution in [2.45, 2.75) is 19.3 Å². The molecule has 96 valence electrons. The molecule has 0 aromatic carbocycles. The van der Waals surface area contributed by atoms with Crippen LogP contribution in [0.25, 0.3) is 0 Å². The number of halogens is 1. The zero-order valence-electron chi connectivity index (χ0n) is 9.96. The van der Waals surface area contributed by atoms with Crippen molar-refractivity contribution >= 4 is 18.3 Å². The van der Waals surface area contributed by atoms with Crippen molar-refractivity contribution in [2.24, 2.45) is 0 Å². The molecular formula is C11H23ClN2O2. The molecule has 0 spiro atoms. The van der Waals surface area contributed by atoms with Crippen LogP contribution < -0.4 is 10.6 Å². The van der Waals surface area contributed by atoms with Crippen molar-refractivity contribution in [1.82, 2.24) is 10.6 Å². The van der Waals surface area contributed by atoms with Gasteiger partial charge in [-0.05, 0) is 26.4 Å². The fourth-order valence-corrected chi connectivity index (χ4v) is 1.08. The number of nitrogens with one attached hydrogen (secondary N) is 2. The number of hydrogen-bond acceptors (Lipinski definition) is 3. The zero-order chi connectivity index (χ0) is 11.4. The molecular weight excluding hydrogens is 228 g/mol. The van der Waals surface area contributed by atoms with Crippen LogP contribution in [0.3, 0.4) is 0 Å². The van der Waals surface area contributed by atoms with E-state index in [0.717, 1.165) is 25.9 Å². The van der Waals surface area contributed by atoms with Gasteiger partial charge in [-0.3, -0.25) is 4.79 Å². The fourth-order valence-electron chi connectivity index (χ4n) is 1.08. The van der Waals surface area contributed by atoms with Crippen molar-refractivity contribution in [3.63, 3.8) is 0 Å². The van der Waals surface area contributed by atoms with Crippen molar-refractivity contribution in [2.75, 3.05) is 33.4 Å². The Morgan fingerprint density at radius 3 is 2.75 bits per heavy atom. The minimum absolute atomic E-state index is 0. The van der Waals surface area contributed by atoms with E-state index in [0.29, 0.717) is 19.6 Å². The van der Waals surface area contributed by atoms with Gasteiger partial charge in [-0.1, -0.05) is 6.08 Å². The minimum atomic E-state index is 0. The summed E-state index contributed by atoms with van der Waals surface area (Å²) < 4.78 is 5.17. The van der Waals surface area contributed by atoms with E-state index in [2.05, 4.69) is 17.2 Å². The Kier molecular flexibility index (Phi) is 16.0. The second kappa shape index (κ2) is 14.4. The summed E-state index contributed by atoms with van der Waals surface area (Å²) in [7, 11) is 1.90. The molecule has 0 rings (SSSR count). The Hall–Kier alpha value is -0.580. The normalized spacial score (nSPS) is 9.31. The van der Waals surface area contributed by atoms with E-state index in [1.54, 1.807) is 6.08 Å². The molecule has 0 saturated carbocycles. The average Bonchev–Trinajstić information content (AvgIpc) is 2.24. The lowest BCUT2D eigenvalue weighted by Gasteiger charge is -2.04. The molecule has 0 aromatic rings. The predicted octanol–water partition coefficient (Wildman–Crippen LogP) is 1.12. The highest BCUT2D eigenvalue weighted by atomic mass is 35.5. The summed E-state index contributed by atoms with van der Waals surface area (Å²) in [5, 5.41) is 5.88. The summed E-state index contributed by atoms with van der Waals surface area (Å²) in [6.07, 6.45) is 3.98. The number of hydrogen-bond donors (Lipinski definition) is 2. The first kappa shape index (κ1) is 17.8. The van der Waals surface area contributed by atoms with Crippen molar-refractivity contribution in [1.29, 1.82) is 0 Å². The molecule has 0 bridgehead atoms. The van der Waals surface area contributed by atoms with Gasteiger partial charge in [0.15, 0.2) is 0 Å². The fraction of sp³-hybridized carbons (Fsp3) is 0.727. The Morgan fingerprint density at radius 1 is 1.38 bits per heavy atom. The molecule has 5 heteroatoms. The number of amides is 1. The first-order valence-corrected chi connectivity index (χ1v) is 5.41. The molecule has 0 heterocycles. The molecule has 16 heavy (non-hydrogen) atoms. The number of carbonyl (C=O) groups is 1. The van der Waals surface area contributed by atoms with E-state index in [4.69, 9.17) is 4.74 Å². The molecule has 0 radical (unpaired) electrons. The van der Waals surface area contributed by atoms with Gasteiger partial charge >= 0.3 is 0 Å². The topological polar surface area (TPSA) is 50.4 Å². The first-order chi connectivity index (χ1) is 7.31. The molecule has 1 amide bonds. The van der Waals surface area contributed by atoms with Crippen LogP contribution in [0.15, 0.2) is 12.7 Å². The lowest BCUT2D eigenvalue weighted by Crippen LogP contribution is -2.26. The SMILES string of the molecule is C=CCOCCCC(=O)NCCCNC.Cl. The highest BCUT2D eigenvalue weighted by Gasteiger charge is 1.99. The Labute approximate surface area is 104 Å². The molecule has 4 nitrogen and oxygen atoms in total. The number of carbonyl (C=O) groups excluding carboxylic acids is 1. The van der Waals surface area contributed by atoms with Crippen LogP contribution in [0, 0.1) is 0 Å². The van der Waals surface area contributed by atoms with Gasteiger partial charge in [0.05, 0.1) is 6.61 Å². The summed E-state index contributed by atoms with van der Waals surface area (Å²) in [5.74, 6) is 0.105. The summed E-state index contributed by atoms with van der Waals surface area (Å²) in [6, 6.07) is 0. The third kappa shape index (κ3) is 13.4. The molecule has 0 aliphatic carbocycles. The second-order valence-electron chi connectivity index (χ2n) is 3.27. The van der Waals surface area contributed by atoms with Gasteiger partial charge in [-0.2, -0.15) is 0 Å². The quantitative estimate of drug-likeness (QED) is 0.451. The first-order valence-electron chi connectivity index (χ1n) is 5.41. The average molecular weight is 251 g/mol. The van der Waals surface area contributed by atoms with Gasteiger partial charge in [0.1, 0.15) is 0 Å². The third-order valence-electron chi connectivity index (χ3n) is 1.85. The van der Waals surface area contributed by atoms with Crippen molar-refractivity contribution in [3.05, 3.63) is 12.7 Å². The highest BCUT2D eigenvalue weighted by Crippen LogP contribution is 1.90. The molecule has 0 fully saturated rings. The zero-order valence-corrected chi connectivity index (χ0v) is 10.8. The molecule has 0 aliphatic heterocycles. The summed E-state index contributed by atoms with van der Waals surface area (Å²) >= 11 is 0. The van der Waals surface area contributed by atoms with E-state index in [-0.39, 0.29) is 18.3 Å². The van der Waals surface area contributed by atoms with Crippen molar-refractivity contribution in [3.8, 4) is 0 Å². The van der Waals surface area contributed by atoms with E-state index >= 15 is 0 Å². The summed E-state index contributed by atoms with van der Waals surface area (Å²) in [4.78, 5) is 11.2. The van der Waals surface area contributed by atoms with Crippen LogP contribution in [0.2, 0.25) is 0 Å². The molecule has 0 saturated heterocycles. The molecule has 0 atom stereocenters. The highest BCUT2D eigenvalue weighted by molar-refractivity contribution is 5.85.